The van der Waals surface area contributed by atoms with Gasteiger partial charge in [0.1, 0.15) is 0 Å². The first kappa shape index (κ1) is 14.9. The second kappa shape index (κ2) is 7.31. The Balaban J connectivity index is 1.87. The Morgan fingerprint density at radius 2 is 2.05 bits per heavy atom. The van der Waals surface area contributed by atoms with Gasteiger partial charge >= 0.3 is 0 Å². The smallest absolute Gasteiger partial charge is 0.230 e. The zero-order valence-electron chi connectivity index (χ0n) is 11.0. The summed E-state index contributed by atoms with van der Waals surface area (Å²) in [5.41, 5.74) is 0.922. The molecule has 1 amide bonds. The molecular formula is C15H15ClN2OS. The van der Waals surface area contributed by atoms with Gasteiger partial charge in [0.05, 0.1) is 16.8 Å². The molecule has 0 fully saturated rings. The number of rotatable bonds is 5. The van der Waals surface area contributed by atoms with Crippen LogP contribution in [0.1, 0.15) is 18.5 Å². The Hall–Kier alpha value is -1.52. The monoisotopic (exact) mass is 306 g/mol. The lowest BCUT2D eigenvalue weighted by molar-refractivity contribution is -0.119. The van der Waals surface area contributed by atoms with E-state index < -0.39 is 0 Å². The number of carbonyl (C=O) groups excluding carboxylic acids is 1. The van der Waals surface area contributed by atoms with Crippen LogP contribution in [0, 0.1) is 0 Å². The predicted molar refractivity (Wildman–Crippen MR) is 83.0 cm³/mol. The van der Waals surface area contributed by atoms with Crippen LogP contribution in [0.5, 0.6) is 0 Å². The summed E-state index contributed by atoms with van der Waals surface area (Å²) in [6.07, 6.45) is 1.71. The van der Waals surface area contributed by atoms with Crippen molar-refractivity contribution in [3.63, 3.8) is 0 Å². The molecule has 20 heavy (non-hydrogen) atoms. The molecule has 2 aromatic rings. The summed E-state index contributed by atoms with van der Waals surface area (Å²) in [6.45, 7) is 1.92. The standard InChI is InChI=1S/C15H15ClN2OS/c1-11(12-6-2-3-7-13(12)16)18-14(19)10-20-15-8-4-5-9-17-15/h2-9,11H,10H2,1H3,(H,18,19). The van der Waals surface area contributed by atoms with Crippen molar-refractivity contribution in [2.45, 2.75) is 18.0 Å². The number of hydrogen-bond acceptors (Lipinski definition) is 3. The third-order valence-corrected chi connectivity index (χ3v) is 4.03. The highest BCUT2D eigenvalue weighted by Crippen LogP contribution is 2.22. The third-order valence-electron chi connectivity index (χ3n) is 2.74. The van der Waals surface area contributed by atoms with Crippen LogP contribution in [-0.2, 0) is 4.79 Å². The van der Waals surface area contributed by atoms with Gasteiger partial charge in [-0.2, -0.15) is 0 Å². The normalized spacial score (nSPS) is 11.9. The number of benzene rings is 1. The SMILES string of the molecule is CC(NC(=O)CSc1ccccn1)c1ccccc1Cl. The Morgan fingerprint density at radius 3 is 2.75 bits per heavy atom. The fourth-order valence-corrected chi connectivity index (χ4v) is 2.73. The third kappa shape index (κ3) is 4.25. The Bertz CT molecular complexity index is 577. The van der Waals surface area contributed by atoms with Crippen molar-refractivity contribution in [3.05, 3.63) is 59.2 Å². The summed E-state index contributed by atoms with van der Waals surface area (Å²) in [6, 6.07) is 13.0. The highest BCUT2D eigenvalue weighted by Gasteiger charge is 2.12. The minimum atomic E-state index is -0.111. The van der Waals surface area contributed by atoms with E-state index in [1.54, 1.807) is 6.20 Å². The minimum absolute atomic E-state index is 0.0342. The van der Waals surface area contributed by atoms with Crippen LogP contribution in [0.25, 0.3) is 0 Å². The number of hydrogen-bond donors (Lipinski definition) is 1. The largest absolute Gasteiger partial charge is 0.349 e. The first-order chi connectivity index (χ1) is 9.66. The second-order valence-electron chi connectivity index (χ2n) is 4.27. The molecule has 1 aromatic carbocycles. The van der Waals surface area contributed by atoms with Crippen LogP contribution in [0.15, 0.2) is 53.7 Å². The van der Waals surface area contributed by atoms with Gasteiger partial charge in [0.15, 0.2) is 0 Å². The van der Waals surface area contributed by atoms with Crippen molar-refractivity contribution in [1.82, 2.24) is 10.3 Å². The van der Waals surface area contributed by atoms with Crippen molar-refractivity contribution >= 4 is 29.3 Å². The lowest BCUT2D eigenvalue weighted by Gasteiger charge is -2.15. The van der Waals surface area contributed by atoms with E-state index in [4.69, 9.17) is 11.6 Å². The first-order valence-corrected chi connectivity index (χ1v) is 7.61. The van der Waals surface area contributed by atoms with Crippen LogP contribution in [0.3, 0.4) is 0 Å². The fraction of sp³-hybridized carbons (Fsp3) is 0.200. The molecule has 1 unspecified atom stereocenters. The molecule has 0 aliphatic rings. The van der Waals surface area contributed by atoms with E-state index in [0.29, 0.717) is 10.8 Å². The molecule has 0 bridgehead atoms. The average Bonchev–Trinajstić information content (AvgIpc) is 2.46. The number of thioether (sulfide) groups is 1. The zero-order valence-corrected chi connectivity index (χ0v) is 12.6. The van der Waals surface area contributed by atoms with Crippen molar-refractivity contribution in [2.75, 3.05) is 5.75 Å². The highest BCUT2D eigenvalue weighted by molar-refractivity contribution is 7.99. The molecule has 0 saturated heterocycles. The van der Waals surface area contributed by atoms with E-state index in [1.807, 2.05) is 49.4 Å². The maximum Gasteiger partial charge on any atom is 0.230 e. The van der Waals surface area contributed by atoms with Crippen LogP contribution in [0.2, 0.25) is 5.02 Å². The highest BCUT2D eigenvalue weighted by atomic mass is 35.5. The molecule has 0 spiro atoms. The molecule has 1 heterocycles. The Morgan fingerprint density at radius 1 is 1.30 bits per heavy atom. The molecule has 1 N–H and O–H groups in total. The maximum absolute atomic E-state index is 11.9. The number of nitrogens with one attached hydrogen (secondary N) is 1. The molecule has 2 rings (SSSR count). The lowest BCUT2D eigenvalue weighted by Crippen LogP contribution is -2.28. The van der Waals surface area contributed by atoms with Crippen molar-refractivity contribution in [3.8, 4) is 0 Å². The van der Waals surface area contributed by atoms with E-state index in [0.717, 1.165) is 10.6 Å². The number of amides is 1. The summed E-state index contributed by atoms with van der Waals surface area (Å²) in [7, 11) is 0. The fourth-order valence-electron chi connectivity index (χ4n) is 1.76. The van der Waals surface area contributed by atoms with Gasteiger partial charge in [0.2, 0.25) is 5.91 Å². The van der Waals surface area contributed by atoms with Gasteiger partial charge in [0, 0.05) is 11.2 Å². The summed E-state index contributed by atoms with van der Waals surface area (Å²) in [5.74, 6) is 0.305. The van der Waals surface area contributed by atoms with E-state index in [9.17, 15) is 4.79 Å². The Kier molecular flexibility index (Phi) is 5.44. The van der Waals surface area contributed by atoms with Crippen LogP contribution in [-0.4, -0.2) is 16.6 Å². The molecule has 3 nitrogen and oxygen atoms in total. The summed E-state index contributed by atoms with van der Waals surface area (Å²) in [4.78, 5) is 16.1. The second-order valence-corrected chi connectivity index (χ2v) is 5.67. The summed E-state index contributed by atoms with van der Waals surface area (Å²) < 4.78 is 0. The van der Waals surface area contributed by atoms with Gasteiger partial charge in [-0.1, -0.05) is 47.6 Å². The number of aromatic nitrogens is 1. The molecule has 1 aromatic heterocycles. The number of nitrogens with zero attached hydrogens (tertiary/aromatic N) is 1. The lowest BCUT2D eigenvalue weighted by atomic mass is 10.1. The molecule has 0 aliphatic heterocycles. The maximum atomic E-state index is 11.9. The van der Waals surface area contributed by atoms with Gasteiger partial charge in [-0.25, -0.2) is 4.98 Å². The topological polar surface area (TPSA) is 42.0 Å². The molecular weight excluding hydrogens is 292 g/mol. The minimum Gasteiger partial charge on any atom is -0.349 e. The summed E-state index contributed by atoms with van der Waals surface area (Å²) in [5, 5.41) is 4.44. The van der Waals surface area contributed by atoms with Crippen molar-refractivity contribution < 1.29 is 4.79 Å². The molecule has 0 aliphatic carbocycles. The molecule has 0 saturated carbocycles. The van der Waals surface area contributed by atoms with Gasteiger partial charge in [-0.05, 0) is 30.7 Å². The Labute approximate surface area is 127 Å². The first-order valence-electron chi connectivity index (χ1n) is 6.24. The summed E-state index contributed by atoms with van der Waals surface area (Å²) >= 11 is 7.52. The van der Waals surface area contributed by atoms with Crippen LogP contribution < -0.4 is 5.32 Å². The van der Waals surface area contributed by atoms with Gasteiger partial charge in [0.25, 0.3) is 0 Å². The predicted octanol–water partition coefficient (Wildman–Crippen LogP) is 3.70. The number of halogens is 1. The van der Waals surface area contributed by atoms with Gasteiger partial charge in [-0.15, -0.1) is 0 Å². The average molecular weight is 307 g/mol. The number of pyridine rings is 1. The molecule has 1 atom stereocenters. The van der Waals surface area contributed by atoms with Gasteiger partial charge in [-0.3, -0.25) is 4.79 Å². The van der Waals surface area contributed by atoms with E-state index in [-0.39, 0.29) is 11.9 Å². The number of carbonyl (C=O) groups is 1. The van der Waals surface area contributed by atoms with Crippen LogP contribution in [0.4, 0.5) is 0 Å². The van der Waals surface area contributed by atoms with E-state index >= 15 is 0 Å². The molecule has 0 radical (unpaired) electrons. The zero-order chi connectivity index (χ0) is 14.4. The quantitative estimate of drug-likeness (QED) is 0.856. The van der Waals surface area contributed by atoms with Crippen molar-refractivity contribution in [2.24, 2.45) is 0 Å². The van der Waals surface area contributed by atoms with E-state index in [1.165, 1.54) is 11.8 Å². The van der Waals surface area contributed by atoms with Crippen LogP contribution >= 0.6 is 23.4 Å². The van der Waals surface area contributed by atoms with Crippen molar-refractivity contribution in [1.29, 1.82) is 0 Å². The molecule has 5 heteroatoms. The van der Waals surface area contributed by atoms with Gasteiger partial charge < -0.3 is 5.32 Å². The van der Waals surface area contributed by atoms with E-state index in [2.05, 4.69) is 10.3 Å². The molecule has 104 valence electrons.